The van der Waals surface area contributed by atoms with Gasteiger partial charge in [-0.1, -0.05) is 31.0 Å². The van der Waals surface area contributed by atoms with E-state index in [1.165, 1.54) is 6.92 Å². The predicted molar refractivity (Wildman–Crippen MR) is 112 cm³/mol. The van der Waals surface area contributed by atoms with Crippen molar-refractivity contribution in [1.29, 1.82) is 0 Å². The first kappa shape index (κ1) is 20.3. The van der Waals surface area contributed by atoms with Gasteiger partial charge in [-0.2, -0.15) is 0 Å². The van der Waals surface area contributed by atoms with Crippen molar-refractivity contribution in [3.05, 3.63) is 54.6 Å². The first-order chi connectivity index (χ1) is 13.6. The Balaban J connectivity index is 1.54. The van der Waals surface area contributed by atoms with E-state index in [-0.39, 0.29) is 17.9 Å². The summed E-state index contributed by atoms with van der Waals surface area (Å²) in [6.45, 7) is 1.44. The largest absolute Gasteiger partial charge is 0.457 e. The maximum atomic E-state index is 12.6. The van der Waals surface area contributed by atoms with E-state index in [1.807, 2.05) is 54.6 Å². The van der Waals surface area contributed by atoms with Crippen molar-refractivity contribution in [3.8, 4) is 11.5 Å². The lowest BCUT2D eigenvalue weighted by atomic mass is 10.2. The molecule has 3 rings (SSSR count). The Hall–Kier alpha value is -2.47. The van der Waals surface area contributed by atoms with Gasteiger partial charge in [-0.05, 0) is 49.2 Å². The molecule has 1 aliphatic carbocycles. The molecule has 1 atom stereocenters. The zero-order chi connectivity index (χ0) is 19.8. The highest BCUT2D eigenvalue weighted by molar-refractivity contribution is 7.99. The lowest BCUT2D eigenvalue weighted by Crippen LogP contribution is -2.50. The molecule has 0 heterocycles. The summed E-state index contributed by atoms with van der Waals surface area (Å²) in [5.41, 5.74) is 0. The first-order valence-electron chi connectivity index (χ1n) is 9.63. The molecule has 0 radical (unpaired) electrons. The van der Waals surface area contributed by atoms with Crippen molar-refractivity contribution < 1.29 is 14.3 Å². The van der Waals surface area contributed by atoms with Gasteiger partial charge in [-0.15, -0.1) is 11.8 Å². The van der Waals surface area contributed by atoms with E-state index in [2.05, 4.69) is 10.6 Å². The van der Waals surface area contributed by atoms with Gasteiger partial charge in [0.15, 0.2) is 0 Å². The molecule has 2 N–H and O–H groups in total. The third kappa shape index (κ3) is 6.30. The van der Waals surface area contributed by atoms with Crippen molar-refractivity contribution >= 4 is 23.6 Å². The summed E-state index contributed by atoms with van der Waals surface area (Å²) < 4.78 is 5.79. The van der Waals surface area contributed by atoms with Gasteiger partial charge in [0.25, 0.3) is 0 Å². The van der Waals surface area contributed by atoms with Gasteiger partial charge in [-0.25, -0.2) is 0 Å². The Morgan fingerprint density at radius 1 is 1.04 bits per heavy atom. The zero-order valence-electron chi connectivity index (χ0n) is 16.0. The number of thioether (sulfide) groups is 1. The van der Waals surface area contributed by atoms with Gasteiger partial charge in [0.1, 0.15) is 17.5 Å². The van der Waals surface area contributed by atoms with Crippen molar-refractivity contribution in [2.75, 3.05) is 5.75 Å². The van der Waals surface area contributed by atoms with Gasteiger partial charge < -0.3 is 15.4 Å². The van der Waals surface area contributed by atoms with Crippen LogP contribution in [0.5, 0.6) is 11.5 Å². The molecular weight excluding hydrogens is 372 g/mol. The van der Waals surface area contributed by atoms with E-state index in [0.717, 1.165) is 42.1 Å². The summed E-state index contributed by atoms with van der Waals surface area (Å²) >= 11 is 1.54. The van der Waals surface area contributed by atoms with E-state index in [9.17, 15) is 9.59 Å². The monoisotopic (exact) mass is 398 g/mol. The molecule has 2 aromatic carbocycles. The van der Waals surface area contributed by atoms with Crippen LogP contribution in [0, 0.1) is 0 Å². The van der Waals surface area contributed by atoms with Gasteiger partial charge >= 0.3 is 0 Å². The highest BCUT2D eigenvalue weighted by Crippen LogP contribution is 2.26. The predicted octanol–water partition coefficient (Wildman–Crippen LogP) is 4.13. The van der Waals surface area contributed by atoms with Crippen LogP contribution in [0.4, 0.5) is 0 Å². The lowest BCUT2D eigenvalue weighted by molar-refractivity contribution is -0.127. The number of para-hydroxylation sites is 1. The third-order valence-corrected chi connectivity index (χ3v) is 5.72. The van der Waals surface area contributed by atoms with Crippen molar-refractivity contribution in [3.63, 3.8) is 0 Å². The Morgan fingerprint density at radius 2 is 1.68 bits per heavy atom. The number of benzene rings is 2. The minimum absolute atomic E-state index is 0.0985. The Morgan fingerprint density at radius 3 is 2.32 bits per heavy atom. The van der Waals surface area contributed by atoms with Crippen LogP contribution < -0.4 is 15.4 Å². The van der Waals surface area contributed by atoms with Crippen molar-refractivity contribution in [2.24, 2.45) is 0 Å². The average molecular weight is 399 g/mol. The second-order valence-corrected chi connectivity index (χ2v) is 8.03. The molecule has 0 aliphatic heterocycles. The molecule has 0 spiro atoms. The van der Waals surface area contributed by atoms with Gasteiger partial charge in [0.05, 0.1) is 0 Å². The van der Waals surface area contributed by atoms with Crippen LogP contribution in [0.15, 0.2) is 59.5 Å². The minimum atomic E-state index is -0.539. The summed E-state index contributed by atoms with van der Waals surface area (Å²) in [5, 5.41) is 5.84. The Bertz CT molecular complexity index is 774. The van der Waals surface area contributed by atoms with E-state index >= 15 is 0 Å². The minimum Gasteiger partial charge on any atom is -0.457 e. The standard InChI is InChI=1S/C22H26N2O3S/c1-16(25)23-21(22(26)24-17-7-5-6-8-17)15-28-20-13-11-19(12-14-20)27-18-9-3-2-4-10-18/h2-4,9-14,17,21H,5-8,15H2,1H3,(H,23,25)(H,24,26). The van der Waals surface area contributed by atoms with Crippen molar-refractivity contribution in [2.45, 2.75) is 49.6 Å². The molecule has 2 amide bonds. The Kier molecular flexibility index (Phi) is 7.37. The summed E-state index contributed by atoms with van der Waals surface area (Å²) in [5.74, 6) is 1.74. The molecule has 2 aromatic rings. The van der Waals surface area contributed by atoms with Gasteiger partial charge in [0.2, 0.25) is 11.8 Å². The fraction of sp³-hybridized carbons (Fsp3) is 0.364. The maximum Gasteiger partial charge on any atom is 0.243 e. The number of nitrogens with one attached hydrogen (secondary N) is 2. The van der Waals surface area contributed by atoms with Crippen LogP contribution in [-0.2, 0) is 9.59 Å². The number of amides is 2. The molecular formula is C22H26N2O3S. The molecule has 1 aliphatic rings. The molecule has 28 heavy (non-hydrogen) atoms. The molecule has 1 unspecified atom stereocenters. The molecule has 0 saturated heterocycles. The number of rotatable bonds is 8. The second kappa shape index (κ2) is 10.2. The number of carbonyl (C=O) groups is 2. The fourth-order valence-corrected chi connectivity index (χ4v) is 4.13. The number of hydrogen-bond acceptors (Lipinski definition) is 4. The molecule has 1 fully saturated rings. The molecule has 0 aromatic heterocycles. The SMILES string of the molecule is CC(=O)NC(CSc1ccc(Oc2ccccc2)cc1)C(=O)NC1CCCC1. The summed E-state index contributed by atoms with van der Waals surface area (Å²) in [7, 11) is 0. The number of carbonyl (C=O) groups excluding carboxylic acids is 2. The summed E-state index contributed by atoms with van der Waals surface area (Å²) in [4.78, 5) is 25.1. The van der Waals surface area contributed by atoms with E-state index in [0.29, 0.717) is 5.75 Å². The average Bonchev–Trinajstić information content (AvgIpc) is 3.20. The first-order valence-corrected chi connectivity index (χ1v) is 10.6. The third-order valence-electron chi connectivity index (χ3n) is 4.61. The van der Waals surface area contributed by atoms with Gasteiger partial charge in [-0.3, -0.25) is 9.59 Å². The fourth-order valence-electron chi connectivity index (χ4n) is 3.21. The molecule has 0 bridgehead atoms. The topological polar surface area (TPSA) is 67.4 Å². The summed E-state index contributed by atoms with van der Waals surface area (Å²) in [6, 6.07) is 17.0. The van der Waals surface area contributed by atoms with Crippen LogP contribution in [0.1, 0.15) is 32.6 Å². The second-order valence-electron chi connectivity index (χ2n) is 6.94. The lowest BCUT2D eigenvalue weighted by Gasteiger charge is -2.20. The molecule has 148 valence electrons. The normalized spacial score (nSPS) is 15.0. The molecule has 5 nitrogen and oxygen atoms in total. The van der Waals surface area contributed by atoms with Crippen LogP contribution in [0.3, 0.4) is 0 Å². The van der Waals surface area contributed by atoms with Crippen LogP contribution in [-0.4, -0.2) is 29.7 Å². The number of hydrogen-bond donors (Lipinski definition) is 2. The van der Waals surface area contributed by atoms with Gasteiger partial charge in [0, 0.05) is 23.6 Å². The quantitative estimate of drug-likeness (QED) is 0.656. The maximum absolute atomic E-state index is 12.6. The number of ether oxygens (including phenoxy) is 1. The van der Waals surface area contributed by atoms with Crippen LogP contribution >= 0.6 is 11.8 Å². The molecule has 1 saturated carbocycles. The van der Waals surface area contributed by atoms with E-state index in [1.54, 1.807) is 11.8 Å². The Labute approximate surface area is 170 Å². The van der Waals surface area contributed by atoms with E-state index in [4.69, 9.17) is 4.74 Å². The highest BCUT2D eigenvalue weighted by Gasteiger charge is 2.24. The zero-order valence-corrected chi connectivity index (χ0v) is 16.8. The van der Waals surface area contributed by atoms with Crippen molar-refractivity contribution in [1.82, 2.24) is 10.6 Å². The van der Waals surface area contributed by atoms with E-state index < -0.39 is 6.04 Å². The highest BCUT2D eigenvalue weighted by atomic mass is 32.2. The molecule has 6 heteroatoms. The smallest absolute Gasteiger partial charge is 0.243 e. The van der Waals surface area contributed by atoms with Crippen LogP contribution in [0.2, 0.25) is 0 Å². The van der Waals surface area contributed by atoms with Crippen LogP contribution in [0.25, 0.3) is 0 Å². The summed E-state index contributed by atoms with van der Waals surface area (Å²) in [6.07, 6.45) is 4.35.